The summed E-state index contributed by atoms with van der Waals surface area (Å²) in [7, 11) is 0. The highest BCUT2D eigenvalue weighted by Crippen LogP contribution is 2.07. The summed E-state index contributed by atoms with van der Waals surface area (Å²) in [6, 6.07) is 0. The van der Waals surface area contributed by atoms with E-state index in [2.05, 4.69) is 17.2 Å². The molecule has 0 saturated heterocycles. The van der Waals surface area contributed by atoms with Gasteiger partial charge >= 0.3 is 0 Å². The zero-order valence-electron chi connectivity index (χ0n) is 8.50. The molecular formula is C10H17ClN2S. The van der Waals surface area contributed by atoms with Crippen molar-refractivity contribution < 1.29 is 0 Å². The smallest absolute Gasteiger partial charge is 0.0794 e. The lowest BCUT2D eigenvalue weighted by atomic mass is 10.1. The predicted octanol–water partition coefficient (Wildman–Crippen LogP) is 2.89. The number of halogens is 1. The summed E-state index contributed by atoms with van der Waals surface area (Å²) in [4.78, 5) is 5.32. The van der Waals surface area contributed by atoms with E-state index in [0.717, 1.165) is 19.0 Å². The van der Waals surface area contributed by atoms with E-state index in [9.17, 15) is 0 Å². The summed E-state index contributed by atoms with van der Waals surface area (Å²) >= 11 is 7.42. The Labute approximate surface area is 94.7 Å². The molecule has 4 heteroatoms. The van der Waals surface area contributed by atoms with Crippen LogP contribution >= 0.6 is 22.9 Å². The number of rotatable bonds is 7. The van der Waals surface area contributed by atoms with Crippen molar-refractivity contribution >= 4 is 22.9 Å². The van der Waals surface area contributed by atoms with E-state index in [4.69, 9.17) is 11.6 Å². The van der Waals surface area contributed by atoms with Crippen LogP contribution in [-0.2, 0) is 6.54 Å². The maximum Gasteiger partial charge on any atom is 0.0794 e. The van der Waals surface area contributed by atoms with Gasteiger partial charge in [-0.3, -0.25) is 4.98 Å². The lowest BCUT2D eigenvalue weighted by Gasteiger charge is -2.07. The molecule has 0 amide bonds. The van der Waals surface area contributed by atoms with Gasteiger partial charge in [-0.2, -0.15) is 0 Å². The zero-order chi connectivity index (χ0) is 10.2. The van der Waals surface area contributed by atoms with Crippen molar-refractivity contribution in [1.29, 1.82) is 0 Å². The Morgan fingerprint density at radius 3 is 3.14 bits per heavy atom. The van der Waals surface area contributed by atoms with Gasteiger partial charge in [0.1, 0.15) is 0 Å². The van der Waals surface area contributed by atoms with Gasteiger partial charge in [0.15, 0.2) is 0 Å². The van der Waals surface area contributed by atoms with Gasteiger partial charge in [0.2, 0.25) is 0 Å². The fourth-order valence-electron chi connectivity index (χ4n) is 1.19. The van der Waals surface area contributed by atoms with E-state index in [0.29, 0.717) is 5.92 Å². The molecule has 1 N–H and O–H groups in total. The molecule has 0 bridgehead atoms. The van der Waals surface area contributed by atoms with Crippen LogP contribution < -0.4 is 5.32 Å². The first-order valence-electron chi connectivity index (χ1n) is 4.97. The number of nitrogens with zero attached hydrogens (tertiary/aromatic N) is 1. The maximum atomic E-state index is 5.72. The number of hydrogen-bond donors (Lipinski definition) is 1. The van der Waals surface area contributed by atoms with Gasteiger partial charge in [0.05, 0.1) is 5.51 Å². The van der Waals surface area contributed by atoms with Crippen molar-refractivity contribution in [2.45, 2.75) is 26.3 Å². The van der Waals surface area contributed by atoms with Crippen molar-refractivity contribution in [2.24, 2.45) is 5.92 Å². The minimum absolute atomic E-state index is 0.641. The Hall–Kier alpha value is -0.120. The maximum absolute atomic E-state index is 5.72. The zero-order valence-corrected chi connectivity index (χ0v) is 10.1. The van der Waals surface area contributed by atoms with E-state index in [-0.39, 0.29) is 0 Å². The number of thiazole rings is 1. The third-order valence-electron chi connectivity index (χ3n) is 2.10. The molecule has 0 spiro atoms. The largest absolute Gasteiger partial charge is 0.312 e. The molecule has 14 heavy (non-hydrogen) atoms. The SMILES string of the molecule is CC(CCl)CCCNCc1cncs1. The molecule has 0 aliphatic carbocycles. The normalized spacial score (nSPS) is 13.0. The number of nitrogens with one attached hydrogen (secondary N) is 1. The first kappa shape index (κ1) is 12.0. The molecule has 1 aromatic rings. The second-order valence-electron chi connectivity index (χ2n) is 3.55. The lowest BCUT2D eigenvalue weighted by Crippen LogP contribution is -2.14. The first-order valence-corrected chi connectivity index (χ1v) is 6.38. The standard InChI is InChI=1S/C10H17ClN2S/c1-9(5-11)3-2-4-12-6-10-7-13-8-14-10/h7-9,12H,2-6H2,1H3. The van der Waals surface area contributed by atoms with E-state index in [1.165, 1.54) is 17.7 Å². The average molecular weight is 233 g/mol. The van der Waals surface area contributed by atoms with Gasteiger partial charge in [-0.1, -0.05) is 6.92 Å². The molecule has 0 fully saturated rings. The summed E-state index contributed by atoms with van der Waals surface area (Å²) in [5.41, 5.74) is 1.87. The van der Waals surface area contributed by atoms with Crippen molar-refractivity contribution in [3.63, 3.8) is 0 Å². The molecule has 80 valence electrons. The Kier molecular flexibility index (Phi) is 6.15. The molecule has 1 heterocycles. The van der Waals surface area contributed by atoms with Crippen LogP contribution in [0, 0.1) is 5.92 Å². The summed E-state index contributed by atoms with van der Waals surface area (Å²) in [5, 5.41) is 3.39. The van der Waals surface area contributed by atoms with Crippen molar-refractivity contribution in [1.82, 2.24) is 10.3 Å². The van der Waals surface area contributed by atoms with E-state index in [1.807, 2.05) is 11.7 Å². The number of hydrogen-bond acceptors (Lipinski definition) is 3. The number of aromatic nitrogens is 1. The highest BCUT2D eigenvalue weighted by molar-refractivity contribution is 7.09. The minimum Gasteiger partial charge on any atom is -0.312 e. The first-order chi connectivity index (χ1) is 6.83. The molecule has 2 nitrogen and oxygen atoms in total. The number of alkyl halides is 1. The Balaban J connectivity index is 1.95. The summed E-state index contributed by atoms with van der Waals surface area (Å²) in [6.07, 6.45) is 4.32. The van der Waals surface area contributed by atoms with Crippen LogP contribution in [0.25, 0.3) is 0 Å². The summed E-state index contributed by atoms with van der Waals surface area (Å²) < 4.78 is 0. The van der Waals surface area contributed by atoms with Crippen LogP contribution in [0.2, 0.25) is 0 Å². The molecule has 0 saturated carbocycles. The third-order valence-corrected chi connectivity index (χ3v) is 3.40. The van der Waals surface area contributed by atoms with Crippen LogP contribution in [0.5, 0.6) is 0 Å². The molecule has 1 rings (SSSR count). The van der Waals surface area contributed by atoms with Crippen molar-refractivity contribution in [2.75, 3.05) is 12.4 Å². The van der Waals surface area contributed by atoms with Crippen LogP contribution in [-0.4, -0.2) is 17.4 Å². The second kappa shape index (κ2) is 7.21. The fraction of sp³-hybridized carbons (Fsp3) is 0.700. The van der Waals surface area contributed by atoms with Gasteiger partial charge in [0, 0.05) is 23.5 Å². The van der Waals surface area contributed by atoms with Gasteiger partial charge in [-0.05, 0) is 25.3 Å². The molecule has 1 aromatic heterocycles. The molecular weight excluding hydrogens is 216 g/mol. The summed E-state index contributed by atoms with van der Waals surface area (Å²) in [6.45, 7) is 4.20. The highest BCUT2D eigenvalue weighted by atomic mass is 35.5. The van der Waals surface area contributed by atoms with Crippen LogP contribution in [0.15, 0.2) is 11.7 Å². The van der Waals surface area contributed by atoms with Crippen LogP contribution in [0.1, 0.15) is 24.6 Å². The van der Waals surface area contributed by atoms with E-state index >= 15 is 0 Å². The van der Waals surface area contributed by atoms with Crippen molar-refractivity contribution in [3.8, 4) is 0 Å². The third kappa shape index (κ3) is 4.94. The molecule has 1 atom stereocenters. The minimum atomic E-state index is 0.641. The van der Waals surface area contributed by atoms with Crippen LogP contribution in [0.3, 0.4) is 0 Å². The van der Waals surface area contributed by atoms with E-state index < -0.39 is 0 Å². The fourth-order valence-corrected chi connectivity index (χ4v) is 1.91. The quantitative estimate of drug-likeness (QED) is 0.578. The topological polar surface area (TPSA) is 24.9 Å². The lowest BCUT2D eigenvalue weighted by molar-refractivity contribution is 0.532. The summed E-state index contributed by atoms with van der Waals surface area (Å²) in [5.74, 6) is 1.41. The molecule has 0 aliphatic rings. The Morgan fingerprint density at radius 1 is 1.64 bits per heavy atom. The van der Waals surface area contributed by atoms with Gasteiger partial charge in [-0.15, -0.1) is 22.9 Å². The predicted molar refractivity (Wildman–Crippen MR) is 62.9 cm³/mol. The van der Waals surface area contributed by atoms with Gasteiger partial charge < -0.3 is 5.32 Å². The molecule has 0 aromatic carbocycles. The van der Waals surface area contributed by atoms with Gasteiger partial charge in [0.25, 0.3) is 0 Å². The highest BCUT2D eigenvalue weighted by Gasteiger charge is 1.99. The molecule has 0 radical (unpaired) electrons. The van der Waals surface area contributed by atoms with Crippen LogP contribution in [0.4, 0.5) is 0 Å². The monoisotopic (exact) mass is 232 g/mol. The Morgan fingerprint density at radius 2 is 2.50 bits per heavy atom. The van der Waals surface area contributed by atoms with Crippen molar-refractivity contribution in [3.05, 3.63) is 16.6 Å². The Bertz CT molecular complexity index is 226. The second-order valence-corrected chi connectivity index (χ2v) is 4.83. The molecule has 0 aliphatic heterocycles. The van der Waals surface area contributed by atoms with E-state index in [1.54, 1.807) is 11.3 Å². The molecule has 1 unspecified atom stereocenters. The van der Waals surface area contributed by atoms with Gasteiger partial charge in [-0.25, -0.2) is 0 Å². The average Bonchev–Trinajstić information content (AvgIpc) is 2.69.